The minimum Gasteiger partial charge on any atom is -0.497 e. The van der Waals surface area contributed by atoms with Crippen LogP contribution in [-0.2, 0) is 16.1 Å². The molecule has 1 saturated heterocycles. The molecule has 1 fully saturated rings. The Balaban J connectivity index is 1.59. The van der Waals surface area contributed by atoms with Crippen molar-refractivity contribution in [2.24, 2.45) is 0 Å². The van der Waals surface area contributed by atoms with Gasteiger partial charge in [-0.1, -0.05) is 19.1 Å². The van der Waals surface area contributed by atoms with Crippen molar-refractivity contribution in [1.29, 1.82) is 0 Å². The third-order valence-electron chi connectivity index (χ3n) is 6.57. The van der Waals surface area contributed by atoms with E-state index in [4.69, 9.17) is 13.9 Å². The van der Waals surface area contributed by atoms with Gasteiger partial charge in [0.05, 0.1) is 7.11 Å². The zero-order valence-corrected chi connectivity index (χ0v) is 23.9. The van der Waals surface area contributed by atoms with Crippen LogP contribution in [0.25, 0.3) is 11.2 Å². The number of carbonyl (C=O) groups excluding carboxylic acids is 3. The van der Waals surface area contributed by atoms with E-state index in [1.54, 1.807) is 31.9 Å². The quantitative estimate of drug-likeness (QED) is 0.305. The van der Waals surface area contributed by atoms with Crippen LogP contribution >= 0.6 is 0 Å². The number of fused-ring (bicyclic) bond motifs is 1. The van der Waals surface area contributed by atoms with Gasteiger partial charge in [0.15, 0.2) is 17.3 Å². The van der Waals surface area contributed by atoms with Gasteiger partial charge in [-0.15, -0.1) is 0 Å². The number of nitrogens with zero attached hydrogens (tertiary/aromatic N) is 4. The molecule has 2 aromatic heterocycles. The summed E-state index contributed by atoms with van der Waals surface area (Å²) in [6.07, 6.45) is -0.230. The fourth-order valence-corrected chi connectivity index (χ4v) is 4.53. The Morgan fingerprint density at radius 2 is 1.75 bits per heavy atom. The maximum Gasteiger partial charge on any atom is 0.410 e. The Bertz CT molecular complexity index is 1370. The number of anilines is 1. The molecule has 3 heterocycles. The van der Waals surface area contributed by atoms with Crippen LogP contribution in [0.3, 0.4) is 0 Å². The summed E-state index contributed by atoms with van der Waals surface area (Å²) >= 11 is 0. The van der Waals surface area contributed by atoms with Crippen molar-refractivity contribution in [2.45, 2.75) is 59.2 Å². The number of methoxy groups -OCH3 is 1. The first kappa shape index (κ1) is 29.0. The van der Waals surface area contributed by atoms with Gasteiger partial charge in [0.25, 0.3) is 0 Å². The highest BCUT2D eigenvalue weighted by atomic mass is 16.6. The second-order valence-corrected chi connectivity index (χ2v) is 10.8. The number of Topliss-reactive ketones (excluding diaryl/α,β-unsaturated/α-hetero) is 2. The summed E-state index contributed by atoms with van der Waals surface area (Å²) in [7, 11) is 1.60. The molecule has 3 aromatic rings. The van der Waals surface area contributed by atoms with Crippen molar-refractivity contribution < 1.29 is 28.3 Å². The fraction of sp³-hybridized carbons (Fsp3) is 0.483. The SMILES string of the molecule is CCC(=O)C(C(=O)c1nc2cc(C)oc2nc1NCc1ccc(OC)cc1)N1CCN(C(=O)OC(C)(C)C)CC1. The van der Waals surface area contributed by atoms with E-state index in [0.717, 1.165) is 11.3 Å². The summed E-state index contributed by atoms with van der Waals surface area (Å²) in [5, 5.41) is 3.21. The average Bonchev–Trinajstić information content (AvgIpc) is 3.29. The molecule has 1 amide bonds. The fourth-order valence-electron chi connectivity index (χ4n) is 4.53. The highest BCUT2D eigenvalue weighted by Gasteiger charge is 2.38. The highest BCUT2D eigenvalue weighted by molar-refractivity contribution is 6.15. The van der Waals surface area contributed by atoms with Crippen LogP contribution in [0.1, 0.15) is 55.9 Å². The molecule has 1 aromatic carbocycles. The molecule has 0 saturated carbocycles. The van der Waals surface area contributed by atoms with Gasteiger partial charge in [-0.05, 0) is 45.4 Å². The number of ether oxygens (including phenoxy) is 2. The van der Waals surface area contributed by atoms with Crippen LogP contribution in [0.5, 0.6) is 5.75 Å². The molecule has 0 aliphatic carbocycles. The third kappa shape index (κ3) is 6.77. The molecule has 0 spiro atoms. The molecule has 0 radical (unpaired) electrons. The van der Waals surface area contributed by atoms with E-state index in [0.29, 0.717) is 49.7 Å². The summed E-state index contributed by atoms with van der Waals surface area (Å²) in [5.41, 5.74) is 1.14. The molecule has 1 aliphatic heterocycles. The Morgan fingerprint density at radius 1 is 1.07 bits per heavy atom. The number of amides is 1. The van der Waals surface area contributed by atoms with E-state index in [9.17, 15) is 14.4 Å². The maximum absolute atomic E-state index is 14.1. The number of aryl methyl sites for hydroxylation is 1. The maximum atomic E-state index is 14.1. The lowest BCUT2D eigenvalue weighted by molar-refractivity contribution is -0.122. The number of benzene rings is 1. The lowest BCUT2D eigenvalue weighted by Crippen LogP contribution is -2.57. The molecule has 1 aliphatic rings. The van der Waals surface area contributed by atoms with Gasteiger partial charge < -0.3 is 24.1 Å². The lowest BCUT2D eigenvalue weighted by atomic mass is 10.00. The predicted octanol–water partition coefficient (Wildman–Crippen LogP) is 4.24. The van der Waals surface area contributed by atoms with Gasteiger partial charge in [-0.3, -0.25) is 14.5 Å². The number of hydrogen-bond donors (Lipinski definition) is 1. The molecule has 11 heteroatoms. The molecule has 1 unspecified atom stereocenters. The van der Waals surface area contributed by atoms with E-state index in [2.05, 4.69) is 15.3 Å². The summed E-state index contributed by atoms with van der Waals surface area (Å²) in [4.78, 5) is 52.4. The molecule has 4 rings (SSSR count). The minimum atomic E-state index is -1.05. The number of piperazine rings is 1. The molecule has 0 bridgehead atoms. The average molecular weight is 552 g/mol. The molecule has 214 valence electrons. The third-order valence-corrected chi connectivity index (χ3v) is 6.57. The Labute approximate surface area is 233 Å². The van der Waals surface area contributed by atoms with Crippen molar-refractivity contribution in [3.63, 3.8) is 0 Å². The van der Waals surface area contributed by atoms with Gasteiger partial charge in [0.1, 0.15) is 28.7 Å². The van der Waals surface area contributed by atoms with Crippen molar-refractivity contribution in [3.05, 3.63) is 47.3 Å². The van der Waals surface area contributed by atoms with Gasteiger partial charge in [0, 0.05) is 45.2 Å². The Morgan fingerprint density at radius 3 is 2.35 bits per heavy atom. The largest absolute Gasteiger partial charge is 0.497 e. The van der Waals surface area contributed by atoms with Crippen molar-refractivity contribution in [2.75, 3.05) is 38.6 Å². The van der Waals surface area contributed by atoms with Gasteiger partial charge >= 0.3 is 6.09 Å². The van der Waals surface area contributed by atoms with E-state index < -0.39 is 23.5 Å². The van der Waals surface area contributed by atoms with Gasteiger partial charge in [0.2, 0.25) is 11.5 Å². The number of rotatable bonds is 9. The molecule has 40 heavy (non-hydrogen) atoms. The van der Waals surface area contributed by atoms with Crippen molar-refractivity contribution in [1.82, 2.24) is 19.8 Å². The number of carbonyl (C=O) groups is 3. The number of nitrogens with one attached hydrogen (secondary N) is 1. The lowest BCUT2D eigenvalue weighted by Gasteiger charge is -2.38. The molecular formula is C29H37N5O6. The van der Waals surface area contributed by atoms with Crippen LogP contribution in [0.4, 0.5) is 10.6 Å². The van der Waals surface area contributed by atoms with Crippen molar-refractivity contribution in [3.8, 4) is 5.75 Å². The highest BCUT2D eigenvalue weighted by Crippen LogP contribution is 2.25. The van der Waals surface area contributed by atoms with Crippen LogP contribution in [0, 0.1) is 6.92 Å². The number of aromatic nitrogens is 2. The second kappa shape index (κ2) is 12.0. The topological polar surface area (TPSA) is 127 Å². The zero-order chi connectivity index (χ0) is 29.0. The van der Waals surface area contributed by atoms with Gasteiger partial charge in [-0.25, -0.2) is 9.78 Å². The predicted molar refractivity (Wildman–Crippen MR) is 150 cm³/mol. The van der Waals surface area contributed by atoms with E-state index in [1.165, 1.54) is 0 Å². The Kier molecular flexibility index (Phi) is 8.73. The van der Waals surface area contributed by atoms with E-state index in [-0.39, 0.29) is 23.7 Å². The molecule has 1 atom stereocenters. The first-order valence-electron chi connectivity index (χ1n) is 13.4. The van der Waals surface area contributed by atoms with Crippen LogP contribution in [0.15, 0.2) is 34.7 Å². The number of hydrogen-bond acceptors (Lipinski definition) is 10. The van der Waals surface area contributed by atoms with Crippen LogP contribution in [0.2, 0.25) is 0 Å². The summed E-state index contributed by atoms with van der Waals surface area (Å²) in [5.74, 6) is 0.925. The summed E-state index contributed by atoms with van der Waals surface area (Å²) < 4.78 is 16.4. The number of furan rings is 1. The smallest absolute Gasteiger partial charge is 0.410 e. The second-order valence-electron chi connectivity index (χ2n) is 10.8. The van der Waals surface area contributed by atoms with Crippen LogP contribution in [-0.4, -0.2) is 82.4 Å². The zero-order valence-electron chi connectivity index (χ0n) is 23.9. The normalized spacial score (nSPS) is 15.1. The standard InChI is InChI=1S/C29H37N5O6/c1-7-22(35)24(33-12-14-34(15-13-33)28(37)40-29(3,4)5)25(36)23-26(32-27-21(31-23)16-18(2)39-27)30-17-19-8-10-20(38-6)11-9-19/h8-11,16,24H,7,12-15,17H2,1-6H3,(H,30,32). The van der Waals surface area contributed by atoms with Crippen LogP contribution < -0.4 is 10.1 Å². The van der Waals surface area contributed by atoms with Crippen molar-refractivity contribution >= 4 is 34.7 Å². The monoisotopic (exact) mass is 551 g/mol. The summed E-state index contributed by atoms with van der Waals surface area (Å²) in [6, 6.07) is 8.17. The van der Waals surface area contributed by atoms with E-state index >= 15 is 0 Å². The molecule has 11 nitrogen and oxygen atoms in total. The molecular weight excluding hydrogens is 514 g/mol. The number of ketones is 2. The minimum absolute atomic E-state index is 0.0724. The van der Waals surface area contributed by atoms with Gasteiger partial charge in [-0.2, -0.15) is 4.98 Å². The van der Waals surface area contributed by atoms with E-state index in [1.807, 2.05) is 49.9 Å². The Hall–Kier alpha value is -3.99. The first-order valence-corrected chi connectivity index (χ1v) is 13.4. The molecule has 1 N–H and O–H groups in total. The summed E-state index contributed by atoms with van der Waals surface area (Å²) in [6.45, 7) is 10.7. The first-order chi connectivity index (χ1) is 19.0.